The van der Waals surface area contributed by atoms with Crippen LogP contribution >= 0.6 is 0 Å². The highest BCUT2D eigenvalue weighted by Gasteiger charge is 2.24. The maximum absolute atomic E-state index is 14.9. The van der Waals surface area contributed by atoms with E-state index in [1.807, 2.05) is 13.8 Å². The van der Waals surface area contributed by atoms with Crippen LogP contribution in [-0.2, 0) is 27.4 Å². The van der Waals surface area contributed by atoms with Gasteiger partial charge in [-0.3, -0.25) is 19.8 Å². The van der Waals surface area contributed by atoms with Gasteiger partial charge >= 0.3 is 18.2 Å². The molecule has 0 radical (unpaired) electrons. The summed E-state index contributed by atoms with van der Waals surface area (Å²) in [6, 6.07) is 16.4. The third kappa shape index (κ3) is 14.8. The fourth-order valence-electron chi connectivity index (χ4n) is 5.84. The largest absolute Gasteiger partial charge is 0.453 e. The van der Waals surface area contributed by atoms with E-state index in [1.165, 1.54) is 38.8 Å². The molecule has 4 heterocycles. The standard InChI is InChI=1S/C20H24FN5O3.C13H18FN3O2.C7H6N2O.CH4.2H2/c1-14-6-7-16(12-22-14)23-19(27)24-17-5-3-4-15(18(17)21)13-25-8-10-26(11-9-25)20(28)29-2;1-19-13(18)17-7-5-16(6-8-17)9-10-3-2-4-11(15)12(10)14;1-6-2-3-7(4-8-6)9-5-10;;;/h3-7,12H,8-11,13H2,1-2H3,(H2,23,24,27);2-4H,5-9,15H2,1H3;2-4H,1H3;1H4;2*1H/i;;;;1+1D;1+1. The number of isocyanates is 1. The molecule has 0 aliphatic carbocycles. The minimum absolute atomic E-state index is 0. The van der Waals surface area contributed by atoms with Crippen molar-refractivity contribution in [2.24, 2.45) is 4.99 Å². The molecule has 320 valence electrons. The fourth-order valence-corrected chi connectivity index (χ4v) is 5.84. The monoisotopic (exact) mass is 825 g/mol. The van der Waals surface area contributed by atoms with E-state index < -0.39 is 11.8 Å². The molecular weight excluding hydrogens is 767 g/mol. The van der Waals surface area contributed by atoms with E-state index in [0.29, 0.717) is 87.9 Å². The zero-order valence-corrected chi connectivity index (χ0v) is 32.9. The average molecular weight is 826 g/mol. The minimum atomic E-state index is -0.543. The molecule has 6 rings (SSSR count). The van der Waals surface area contributed by atoms with E-state index >= 15 is 0 Å². The molecule has 0 unspecified atom stereocenters. The van der Waals surface area contributed by atoms with Crippen molar-refractivity contribution in [3.63, 3.8) is 0 Å². The summed E-state index contributed by atoms with van der Waals surface area (Å²) < 4.78 is 48.0. The third-order valence-electron chi connectivity index (χ3n) is 9.07. The van der Waals surface area contributed by atoms with E-state index in [0.717, 1.165) is 11.4 Å². The molecule has 2 aromatic carbocycles. The number of pyridine rings is 2. The van der Waals surface area contributed by atoms with Crippen molar-refractivity contribution >= 4 is 47.0 Å². The molecule has 4 aromatic rings. The van der Waals surface area contributed by atoms with Crippen LogP contribution in [0.2, 0.25) is 0 Å². The highest BCUT2D eigenvalue weighted by Crippen LogP contribution is 2.21. The Labute approximate surface area is 347 Å². The molecule has 16 nitrogen and oxygen atoms in total. The van der Waals surface area contributed by atoms with Gasteiger partial charge in [-0.2, -0.15) is 4.99 Å². The van der Waals surface area contributed by atoms with Crippen molar-refractivity contribution in [1.29, 1.82) is 0 Å². The molecule has 59 heavy (non-hydrogen) atoms. The zero-order chi connectivity index (χ0) is 44.0. The van der Waals surface area contributed by atoms with Crippen LogP contribution in [-0.4, -0.2) is 120 Å². The number of urea groups is 1. The quantitative estimate of drug-likeness (QED) is 0.101. The Balaban J connectivity index is 0.000000500. The number of aromatic nitrogens is 2. The van der Waals surface area contributed by atoms with E-state index in [4.69, 9.17) is 13.4 Å². The summed E-state index contributed by atoms with van der Waals surface area (Å²) in [7, 11) is 2.73. The van der Waals surface area contributed by atoms with Crippen LogP contribution in [0, 0.1) is 25.5 Å². The van der Waals surface area contributed by atoms with Crippen LogP contribution in [0.25, 0.3) is 0 Å². The van der Waals surface area contributed by atoms with Gasteiger partial charge in [-0.05, 0) is 50.2 Å². The number of rotatable bonds is 7. The van der Waals surface area contributed by atoms with Gasteiger partial charge in [-0.1, -0.05) is 31.7 Å². The average Bonchev–Trinajstić information content (AvgIpc) is 3.27. The molecule has 0 bridgehead atoms. The number of nitrogens with zero attached hydrogens (tertiary/aromatic N) is 7. The summed E-state index contributed by atoms with van der Waals surface area (Å²) >= 11 is 0. The van der Waals surface area contributed by atoms with Crippen LogP contribution in [0.1, 0.15) is 34.3 Å². The van der Waals surface area contributed by atoms with Gasteiger partial charge < -0.3 is 35.6 Å². The number of anilines is 3. The maximum atomic E-state index is 14.9. The van der Waals surface area contributed by atoms with Gasteiger partial charge in [0.2, 0.25) is 6.08 Å². The molecule has 2 fully saturated rings. The number of halogens is 2. The van der Waals surface area contributed by atoms with Crippen LogP contribution in [0.4, 0.5) is 45.9 Å². The van der Waals surface area contributed by atoms with Crippen LogP contribution < -0.4 is 16.4 Å². The number of nitrogens with two attached hydrogens (primary N) is 1. The first-order chi connectivity index (χ1) is 28.9. The van der Waals surface area contributed by atoms with Gasteiger partial charge in [0.15, 0.2) is 11.6 Å². The number of amides is 4. The molecule has 2 aliphatic heterocycles. The number of carbonyl (C=O) groups excluding carboxylic acids is 4. The number of aliphatic imine (C=N–C) groups is 1. The SMILES string of the molecule is C.COC(=O)N1CCN(Cc2cccc(N)c2F)CC1.COC(=O)N1CCN(Cc2cccc(NC(=O)Nc3ccc(C)nc3)c2F)CC1.Cc1ccc(N=C=O)cn1.[2HH].[2H][2H]. The number of benzene rings is 2. The Kier molecular flexibility index (Phi) is 18.1. The predicted molar refractivity (Wildman–Crippen MR) is 225 cm³/mol. The summed E-state index contributed by atoms with van der Waals surface area (Å²) in [5, 5.41) is 5.17. The molecule has 4 amide bonds. The topological polar surface area (TPSA) is 188 Å². The number of ether oxygens (including phenoxy) is 2. The Morgan fingerprint density at radius 3 is 1.75 bits per heavy atom. The number of hydrogen-bond acceptors (Lipinski definition) is 12. The first-order valence-electron chi connectivity index (χ1n) is 19.3. The van der Waals surface area contributed by atoms with Crippen LogP contribution in [0.3, 0.4) is 0 Å². The van der Waals surface area contributed by atoms with E-state index in [-0.39, 0.29) is 38.2 Å². The minimum Gasteiger partial charge on any atom is -0.453 e. The second-order valence-electron chi connectivity index (χ2n) is 13.2. The van der Waals surface area contributed by atoms with Gasteiger partial charge in [-0.25, -0.2) is 28.0 Å². The lowest BCUT2D eigenvalue weighted by Crippen LogP contribution is -2.48. The van der Waals surface area contributed by atoms with Crippen molar-refractivity contribution in [3.8, 4) is 0 Å². The fraction of sp³-hybridized carbons (Fsp3) is 0.366. The summed E-state index contributed by atoms with van der Waals surface area (Å²) in [6.07, 6.45) is 3.84. The molecule has 18 heteroatoms. The van der Waals surface area contributed by atoms with E-state index in [1.54, 1.807) is 64.4 Å². The van der Waals surface area contributed by atoms with Gasteiger partial charge in [0, 0.05) is 92.4 Å². The van der Waals surface area contributed by atoms with Gasteiger partial charge in [0.05, 0.1) is 49.4 Å². The van der Waals surface area contributed by atoms with Gasteiger partial charge in [0.25, 0.3) is 0 Å². The molecular formula is C41H56F2N10O6. The first kappa shape index (κ1) is 45.2. The Morgan fingerprint density at radius 2 is 1.27 bits per heavy atom. The smallest absolute Gasteiger partial charge is 0.409 e. The summed E-state index contributed by atoms with van der Waals surface area (Å²) in [5.41, 5.74) is 9.69. The number of piperazine rings is 2. The molecule has 0 atom stereocenters. The maximum Gasteiger partial charge on any atom is 0.409 e. The van der Waals surface area contributed by atoms with Gasteiger partial charge in [0.1, 0.15) is 0 Å². The zero-order valence-electron chi connectivity index (χ0n) is 34.9. The molecule has 2 saturated heterocycles. The Bertz CT molecular complexity index is 2040. The second-order valence-corrected chi connectivity index (χ2v) is 13.2. The normalized spacial score (nSPS) is 13.9. The first-order valence-corrected chi connectivity index (χ1v) is 18.3. The number of methoxy groups -OCH3 is 2. The predicted octanol–water partition coefficient (Wildman–Crippen LogP) is 6.83. The van der Waals surface area contributed by atoms with Crippen molar-refractivity contribution in [2.75, 3.05) is 82.9 Å². The lowest BCUT2D eigenvalue weighted by atomic mass is 10.1. The third-order valence-corrected chi connectivity index (χ3v) is 9.07. The van der Waals surface area contributed by atoms with Crippen LogP contribution in [0.5, 0.6) is 0 Å². The number of nitrogen functional groups attached to an aromatic ring is 1. The molecule has 0 saturated carbocycles. The highest BCUT2D eigenvalue weighted by atomic mass is 19.1. The number of nitrogens with one attached hydrogen (secondary N) is 2. The molecule has 2 aromatic heterocycles. The van der Waals surface area contributed by atoms with Crippen molar-refractivity contribution < 1.29 is 41.8 Å². The molecule has 2 aliphatic rings. The highest BCUT2D eigenvalue weighted by molar-refractivity contribution is 5.99. The number of hydrogen-bond donors (Lipinski definition) is 3. The lowest BCUT2D eigenvalue weighted by molar-refractivity contribution is 0.0880. The van der Waals surface area contributed by atoms with Crippen molar-refractivity contribution in [1.82, 2.24) is 29.6 Å². The summed E-state index contributed by atoms with van der Waals surface area (Å²) in [4.78, 5) is 63.6. The summed E-state index contributed by atoms with van der Waals surface area (Å²) in [6.45, 7) is 9.48. The summed E-state index contributed by atoms with van der Waals surface area (Å²) in [5.74, 6) is -0.821. The van der Waals surface area contributed by atoms with Crippen LogP contribution in [0.15, 0.2) is 78.0 Å². The van der Waals surface area contributed by atoms with E-state index in [2.05, 4.69) is 40.1 Å². The van der Waals surface area contributed by atoms with E-state index in [9.17, 15) is 28.0 Å². The van der Waals surface area contributed by atoms with Crippen molar-refractivity contribution in [3.05, 3.63) is 107 Å². The second kappa shape index (κ2) is 23.7. The lowest BCUT2D eigenvalue weighted by Gasteiger charge is -2.33. The van der Waals surface area contributed by atoms with Gasteiger partial charge in [-0.15, -0.1) is 0 Å². The van der Waals surface area contributed by atoms with Crippen molar-refractivity contribution in [2.45, 2.75) is 34.4 Å². The molecule has 0 spiro atoms. The molecule has 4 N–H and O–H groups in total. The Morgan fingerprint density at radius 1 is 0.763 bits per heavy atom. The number of carbonyl (C=O) groups is 3. The number of aryl methyl sites for hydroxylation is 2. The Hall–Kier alpha value is -6.49.